The maximum atomic E-state index is 12.0. The van der Waals surface area contributed by atoms with Crippen LogP contribution in [0.3, 0.4) is 0 Å². The Kier molecular flexibility index (Phi) is 9.90. The second-order valence-corrected chi connectivity index (χ2v) is 8.08. The van der Waals surface area contributed by atoms with E-state index in [9.17, 15) is 9.90 Å². The van der Waals surface area contributed by atoms with Gasteiger partial charge in [0.2, 0.25) is 5.91 Å². The van der Waals surface area contributed by atoms with E-state index in [0.29, 0.717) is 18.9 Å². The summed E-state index contributed by atoms with van der Waals surface area (Å²) < 4.78 is 10.9. The molecule has 0 spiro atoms. The van der Waals surface area contributed by atoms with Gasteiger partial charge in [0.25, 0.3) is 0 Å². The number of rotatable bonds is 12. The number of ether oxygens (including phenoxy) is 2. The van der Waals surface area contributed by atoms with Crippen molar-refractivity contribution in [2.45, 2.75) is 13.3 Å². The van der Waals surface area contributed by atoms with E-state index in [1.807, 2.05) is 54.6 Å². The number of carbonyl (C=O) groups is 1. The lowest BCUT2D eigenvalue weighted by molar-refractivity contribution is -0.135. The largest absolute Gasteiger partial charge is 0.508 e. The minimum absolute atomic E-state index is 0.0562. The molecule has 0 aromatic heterocycles. The number of aromatic hydroxyl groups is 1. The predicted molar refractivity (Wildman–Crippen MR) is 138 cm³/mol. The Hall–Kier alpha value is -3.61. The van der Waals surface area contributed by atoms with Gasteiger partial charge in [0.05, 0.1) is 19.8 Å². The molecule has 3 aromatic rings. The van der Waals surface area contributed by atoms with Crippen LogP contribution in [0.5, 0.6) is 11.5 Å². The highest BCUT2D eigenvalue weighted by molar-refractivity contribution is 5.98. The van der Waals surface area contributed by atoms with E-state index in [4.69, 9.17) is 14.6 Å². The number of amides is 1. The topological polar surface area (TPSA) is 79.2 Å². The number of phenolic OH excluding ortho intramolecular Hbond substituents is 1. The van der Waals surface area contributed by atoms with E-state index in [-0.39, 0.29) is 31.5 Å². The summed E-state index contributed by atoms with van der Waals surface area (Å²) in [6.45, 7) is 2.91. The normalized spacial score (nSPS) is 11.6. The number of hydrogen-bond donors (Lipinski definition) is 2. The van der Waals surface area contributed by atoms with E-state index < -0.39 is 0 Å². The van der Waals surface area contributed by atoms with E-state index in [1.165, 1.54) is 5.57 Å². The molecule has 3 aromatic carbocycles. The molecule has 6 nitrogen and oxygen atoms in total. The van der Waals surface area contributed by atoms with Crippen LogP contribution in [0.2, 0.25) is 0 Å². The second kappa shape index (κ2) is 13.3. The summed E-state index contributed by atoms with van der Waals surface area (Å²) in [7, 11) is 1.70. The number of carbonyl (C=O) groups excluding carboxylic acids is 1. The Morgan fingerprint density at radius 2 is 1.49 bits per heavy atom. The lowest BCUT2D eigenvalue weighted by atomic mass is 9.88. The highest BCUT2D eigenvalue weighted by Crippen LogP contribution is 2.35. The van der Waals surface area contributed by atoms with Crippen molar-refractivity contribution >= 4 is 17.1 Å². The van der Waals surface area contributed by atoms with E-state index >= 15 is 0 Å². The summed E-state index contributed by atoms with van der Waals surface area (Å²) in [6.07, 6.45) is 0.848. The van der Waals surface area contributed by atoms with Gasteiger partial charge in [-0.05, 0) is 58.5 Å². The molecular weight excluding hydrogens is 442 g/mol. The molecule has 184 valence electrons. The lowest BCUT2D eigenvalue weighted by Gasteiger charge is -2.18. The number of nitrogens with zero attached hydrogens (tertiary/aromatic N) is 1. The van der Waals surface area contributed by atoms with E-state index in [2.05, 4.69) is 19.1 Å². The van der Waals surface area contributed by atoms with Gasteiger partial charge < -0.3 is 24.6 Å². The molecule has 0 aliphatic carbocycles. The molecule has 2 N–H and O–H groups in total. The van der Waals surface area contributed by atoms with Crippen molar-refractivity contribution in [3.05, 3.63) is 95.6 Å². The van der Waals surface area contributed by atoms with E-state index in [1.54, 1.807) is 24.1 Å². The molecule has 35 heavy (non-hydrogen) atoms. The van der Waals surface area contributed by atoms with Gasteiger partial charge in [0.1, 0.15) is 24.7 Å². The van der Waals surface area contributed by atoms with Gasteiger partial charge in [-0.1, -0.05) is 61.5 Å². The summed E-state index contributed by atoms with van der Waals surface area (Å²) in [5.41, 5.74) is 5.57. The average Bonchev–Trinajstić information content (AvgIpc) is 2.89. The highest BCUT2D eigenvalue weighted by atomic mass is 16.5. The first-order valence-electron chi connectivity index (χ1n) is 11.8. The molecule has 0 saturated carbocycles. The maximum absolute atomic E-state index is 12.0. The smallest absolute Gasteiger partial charge is 0.248 e. The molecule has 0 heterocycles. The van der Waals surface area contributed by atoms with Gasteiger partial charge in [0, 0.05) is 7.05 Å². The molecule has 0 aliphatic rings. The number of allylic oxidation sites excluding steroid dienone is 1. The molecule has 3 rings (SSSR count). The fourth-order valence-corrected chi connectivity index (χ4v) is 3.78. The molecule has 6 heteroatoms. The molecule has 0 atom stereocenters. The van der Waals surface area contributed by atoms with Gasteiger partial charge in [-0.2, -0.15) is 0 Å². The first kappa shape index (κ1) is 26.0. The molecule has 0 radical (unpaired) electrons. The van der Waals surface area contributed by atoms with Crippen molar-refractivity contribution in [3.8, 4) is 11.5 Å². The molecule has 0 bridgehead atoms. The molecule has 0 unspecified atom stereocenters. The highest BCUT2D eigenvalue weighted by Gasteiger charge is 2.14. The minimum atomic E-state index is -0.158. The molecule has 1 amide bonds. The third-order valence-corrected chi connectivity index (χ3v) is 5.66. The number of aliphatic hydroxyl groups is 1. The van der Waals surface area contributed by atoms with Crippen molar-refractivity contribution in [2.75, 3.05) is 40.0 Å². The number of benzene rings is 3. The zero-order valence-corrected chi connectivity index (χ0v) is 20.3. The van der Waals surface area contributed by atoms with Gasteiger partial charge in [0.15, 0.2) is 0 Å². The quantitative estimate of drug-likeness (QED) is 0.296. The van der Waals surface area contributed by atoms with Gasteiger partial charge in [-0.25, -0.2) is 0 Å². The van der Waals surface area contributed by atoms with Crippen LogP contribution in [0, 0.1) is 0 Å². The minimum Gasteiger partial charge on any atom is -0.508 e. The Bertz CT molecular complexity index is 1090. The van der Waals surface area contributed by atoms with Gasteiger partial charge in [-0.3, -0.25) is 4.79 Å². The summed E-state index contributed by atoms with van der Waals surface area (Å²) in [5, 5.41) is 18.5. The van der Waals surface area contributed by atoms with Crippen LogP contribution in [-0.4, -0.2) is 61.0 Å². The second-order valence-electron chi connectivity index (χ2n) is 8.08. The van der Waals surface area contributed by atoms with Crippen LogP contribution in [0.4, 0.5) is 0 Å². The first-order valence-corrected chi connectivity index (χ1v) is 11.8. The SMILES string of the molecule is CC/C(=C(\c1ccc(O)cc1)c1ccc(OCCN(C)C(=O)COCCO)cc1)c1ccccc1. The summed E-state index contributed by atoms with van der Waals surface area (Å²) in [5.74, 6) is 0.793. The Morgan fingerprint density at radius 3 is 2.09 bits per heavy atom. The van der Waals surface area contributed by atoms with Crippen molar-refractivity contribution in [2.24, 2.45) is 0 Å². The van der Waals surface area contributed by atoms with Crippen molar-refractivity contribution in [1.29, 1.82) is 0 Å². The predicted octanol–water partition coefficient (Wildman–Crippen LogP) is 4.61. The standard InChI is InChI=1S/C29H33NO5/c1-3-27(22-7-5-4-6-8-22)29(23-9-13-25(32)14-10-23)24-11-15-26(16-12-24)35-19-17-30(2)28(33)21-34-20-18-31/h4-16,31-32H,3,17-21H2,1-2H3/b29-27-. The molecule has 0 fully saturated rings. The van der Waals surface area contributed by atoms with Gasteiger partial charge in [-0.15, -0.1) is 0 Å². The maximum Gasteiger partial charge on any atom is 0.248 e. The van der Waals surface area contributed by atoms with Crippen molar-refractivity contribution in [3.63, 3.8) is 0 Å². The molecule has 0 saturated heterocycles. The number of hydrogen-bond acceptors (Lipinski definition) is 5. The summed E-state index contributed by atoms with van der Waals surface area (Å²) in [6, 6.07) is 25.5. The molecule has 0 aliphatic heterocycles. The third kappa shape index (κ3) is 7.44. The fourth-order valence-electron chi connectivity index (χ4n) is 3.78. The fraction of sp³-hybridized carbons (Fsp3) is 0.276. The monoisotopic (exact) mass is 475 g/mol. The number of likely N-dealkylation sites (N-methyl/N-ethyl adjacent to an activating group) is 1. The Labute approximate surface area is 207 Å². The van der Waals surface area contributed by atoms with E-state index in [0.717, 1.165) is 28.7 Å². The van der Waals surface area contributed by atoms with Crippen molar-refractivity contribution in [1.82, 2.24) is 4.90 Å². The summed E-state index contributed by atoms with van der Waals surface area (Å²) >= 11 is 0. The number of aliphatic hydroxyl groups excluding tert-OH is 1. The van der Waals surface area contributed by atoms with Crippen LogP contribution in [0.1, 0.15) is 30.0 Å². The zero-order chi connectivity index (χ0) is 25.0. The Balaban J connectivity index is 1.76. The van der Waals surface area contributed by atoms with Crippen molar-refractivity contribution < 1.29 is 24.5 Å². The average molecular weight is 476 g/mol. The third-order valence-electron chi connectivity index (χ3n) is 5.66. The zero-order valence-electron chi connectivity index (χ0n) is 20.3. The van der Waals surface area contributed by atoms with Gasteiger partial charge >= 0.3 is 0 Å². The summed E-state index contributed by atoms with van der Waals surface area (Å²) in [4.78, 5) is 13.5. The van der Waals surface area contributed by atoms with Crippen LogP contribution in [-0.2, 0) is 9.53 Å². The van der Waals surface area contributed by atoms with Crippen LogP contribution >= 0.6 is 0 Å². The van der Waals surface area contributed by atoms with Crippen LogP contribution < -0.4 is 4.74 Å². The lowest BCUT2D eigenvalue weighted by Crippen LogP contribution is -2.34. The number of phenols is 1. The first-order chi connectivity index (χ1) is 17.0. The Morgan fingerprint density at radius 1 is 0.857 bits per heavy atom. The molecular formula is C29H33NO5. The van der Waals surface area contributed by atoms with Crippen LogP contribution in [0.25, 0.3) is 11.1 Å². The van der Waals surface area contributed by atoms with Crippen LogP contribution in [0.15, 0.2) is 78.9 Å².